The van der Waals surface area contributed by atoms with Gasteiger partial charge in [0, 0.05) is 31.9 Å². The van der Waals surface area contributed by atoms with E-state index in [1.807, 2.05) is 6.07 Å². The van der Waals surface area contributed by atoms with E-state index in [1.54, 1.807) is 6.20 Å². The number of hydrogen-bond acceptors (Lipinski definition) is 5. The van der Waals surface area contributed by atoms with Crippen LogP contribution in [0.25, 0.3) is 0 Å². The van der Waals surface area contributed by atoms with Gasteiger partial charge in [-0.1, -0.05) is 0 Å². The van der Waals surface area contributed by atoms with Gasteiger partial charge in [0.1, 0.15) is 0 Å². The molecule has 0 aliphatic heterocycles. The van der Waals surface area contributed by atoms with Crippen molar-refractivity contribution in [3.63, 3.8) is 0 Å². The molecule has 1 rings (SSSR count). The van der Waals surface area contributed by atoms with Crippen LogP contribution in [-0.4, -0.2) is 34.3 Å². The normalized spacial score (nSPS) is 10.8. The maximum Gasteiger partial charge on any atom is 0.225 e. The van der Waals surface area contributed by atoms with E-state index in [0.29, 0.717) is 25.0 Å². The van der Waals surface area contributed by atoms with Crippen LogP contribution in [0, 0.1) is 0 Å². The summed E-state index contributed by atoms with van der Waals surface area (Å²) in [5.74, 6) is 0.686. The molecule has 0 spiro atoms. The van der Waals surface area contributed by atoms with Crippen LogP contribution in [0.5, 0.6) is 0 Å². The Hall–Kier alpha value is -1.20. The summed E-state index contributed by atoms with van der Waals surface area (Å²) in [7, 11) is 0. The van der Waals surface area contributed by atoms with E-state index in [0.717, 1.165) is 12.2 Å². The van der Waals surface area contributed by atoms with Crippen molar-refractivity contribution in [3.8, 4) is 0 Å². The molecule has 0 atom stereocenters. The van der Waals surface area contributed by atoms with Crippen molar-refractivity contribution in [2.75, 3.05) is 18.1 Å². The number of aliphatic hydroxyl groups is 1. The molecule has 0 aromatic carbocycles. The number of aromatic nitrogens is 2. The van der Waals surface area contributed by atoms with Crippen molar-refractivity contribution < 1.29 is 5.11 Å². The summed E-state index contributed by atoms with van der Waals surface area (Å²) >= 11 is 0. The highest BCUT2D eigenvalue weighted by Gasteiger charge is 2.12. The van der Waals surface area contributed by atoms with Gasteiger partial charge < -0.3 is 15.7 Å². The monoisotopic (exact) mass is 224 g/mol. The molecule has 0 bridgehead atoms. The molecule has 90 valence electrons. The first-order valence-electron chi connectivity index (χ1n) is 5.58. The Balaban J connectivity index is 2.82. The number of hydrogen-bond donors (Lipinski definition) is 2. The lowest BCUT2D eigenvalue weighted by Gasteiger charge is -2.26. The van der Waals surface area contributed by atoms with Crippen molar-refractivity contribution in [1.82, 2.24) is 9.97 Å². The molecule has 5 heteroatoms. The minimum atomic E-state index is 0.180. The van der Waals surface area contributed by atoms with Gasteiger partial charge in [-0.25, -0.2) is 9.97 Å². The lowest BCUT2D eigenvalue weighted by molar-refractivity contribution is 0.288. The molecule has 0 fully saturated rings. The lowest BCUT2D eigenvalue weighted by Crippen LogP contribution is -2.34. The largest absolute Gasteiger partial charge is 0.396 e. The number of aliphatic hydroxyl groups excluding tert-OH is 1. The lowest BCUT2D eigenvalue weighted by atomic mass is 10.3. The van der Waals surface area contributed by atoms with Crippen LogP contribution < -0.4 is 10.6 Å². The SMILES string of the molecule is CC(C)N(CCCO)c1nccc(CN)n1. The summed E-state index contributed by atoms with van der Waals surface area (Å²) in [6.07, 6.45) is 2.44. The van der Waals surface area contributed by atoms with E-state index in [2.05, 4.69) is 28.7 Å². The molecule has 16 heavy (non-hydrogen) atoms. The highest BCUT2D eigenvalue weighted by molar-refractivity contribution is 5.31. The van der Waals surface area contributed by atoms with Gasteiger partial charge in [-0.05, 0) is 26.3 Å². The third kappa shape index (κ3) is 3.43. The third-order valence-electron chi connectivity index (χ3n) is 2.35. The molecule has 1 aromatic heterocycles. The van der Waals surface area contributed by atoms with E-state index < -0.39 is 0 Å². The second-order valence-corrected chi connectivity index (χ2v) is 3.92. The fraction of sp³-hybridized carbons (Fsp3) is 0.636. The average molecular weight is 224 g/mol. The second kappa shape index (κ2) is 6.40. The Morgan fingerprint density at radius 2 is 2.25 bits per heavy atom. The molecular weight excluding hydrogens is 204 g/mol. The Labute approximate surface area is 96.3 Å². The predicted octanol–water partition coefficient (Wildman–Crippen LogP) is 0.533. The summed E-state index contributed by atoms with van der Waals surface area (Å²) in [5.41, 5.74) is 6.38. The van der Waals surface area contributed by atoms with Gasteiger partial charge in [0.25, 0.3) is 0 Å². The van der Waals surface area contributed by atoms with Gasteiger partial charge in [0.15, 0.2) is 0 Å². The zero-order valence-electron chi connectivity index (χ0n) is 9.93. The molecule has 0 amide bonds. The number of rotatable bonds is 6. The van der Waals surface area contributed by atoms with E-state index in [1.165, 1.54) is 0 Å². The van der Waals surface area contributed by atoms with E-state index in [-0.39, 0.29) is 6.61 Å². The van der Waals surface area contributed by atoms with E-state index >= 15 is 0 Å². The summed E-state index contributed by atoms with van der Waals surface area (Å²) in [6.45, 7) is 5.51. The maximum atomic E-state index is 8.86. The fourth-order valence-corrected chi connectivity index (χ4v) is 1.47. The first kappa shape index (κ1) is 12.9. The molecule has 1 aromatic rings. The highest BCUT2D eigenvalue weighted by atomic mass is 16.3. The Morgan fingerprint density at radius 1 is 1.50 bits per heavy atom. The first-order valence-corrected chi connectivity index (χ1v) is 5.58. The van der Waals surface area contributed by atoms with E-state index in [4.69, 9.17) is 10.8 Å². The first-order chi connectivity index (χ1) is 7.69. The van der Waals surface area contributed by atoms with Crippen LogP contribution in [0.3, 0.4) is 0 Å². The molecule has 0 unspecified atom stereocenters. The van der Waals surface area contributed by atoms with Gasteiger partial charge in [-0.15, -0.1) is 0 Å². The number of nitrogens with zero attached hydrogens (tertiary/aromatic N) is 3. The quantitative estimate of drug-likeness (QED) is 0.737. The van der Waals surface area contributed by atoms with Gasteiger partial charge in [0.2, 0.25) is 5.95 Å². The zero-order valence-corrected chi connectivity index (χ0v) is 9.93. The molecule has 0 aliphatic rings. The Bertz CT molecular complexity index is 317. The van der Waals surface area contributed by atoms with E-state index in [9.17, 15) is 0 Å². The van der Waals surface area contributed by atoms with Gasteiger partial charge in [-0.3, -0.25) is 0 Å². The Kier molecular flexibility index (Phi) is 5.14. The van der Waals surface area contributed by atoms with Crippen molar-refractivity contribution >= 4 is 5.95 Å². The van der Waals surface area contributed by atoms with Crippen molar-refractivity contribution in [3.05, 3.63) is 18.0 Å². The molecule has 0 saturated carbocycles. The number of nitrogens with two attached hydrogens (primary N) is 1. The third-order valence-corrected chi connectivity index (χ3v) is 2.35. The summed E-state index contributed by atoms with van der Waals surface area (Å²) in [6, 6.07) is 2.12. The maximum absolute atomic E-state index is 8.86. The summed E-state index contributed by atoms with van der Waals surface area (Å²) < 4.78 is 0. The average Bonchev–Trinajstić information content (AvgIpc) is 2.29. The fourth-order valence-electron chi connectivity index (χ4n) is 1.47. The van der Waals surface area contributed by atoms with Gasteiger partial charge in [0.05, 0.1) is 5.69 Å². The molecular formula is C11H20N4O. The standard InChI is InChI=1S/C11H20N4O/c1-9(2)15(6-3-7-16)11-13-5-4-10(8-12)14-11/h4-5,9,16H,3,6-8,12H2,1-2H3. The van der Waals surface area contributed by atoms with Crippen LogP contribution >= 0.6 is 0 Å². The predicted molar refractivity (Wildman–Crippen MR) is 64.1 cm³/mol. The van der Waals surface area contributed by atoms with Crippen molar-refractivity contribution in [2.24, 2.45) is 5.73 Å². The van der Waals surface area contributed by atoms with Crippen LogP contribution in [-0.2, 0) is 6.54 Å². The zero-order chi connectivity index (χ0) is 12.0. The van der Waals surface area contributed by atoms with Gasteiger partial charge in [-0.2, -0.15) is 0 Å². The van der Waals surface area contributed by atoms with Crippen molar-refractivity contribution in [1.29, 1.82) is 0 Å². The summed E-state index contributed by atoms with van der Waals surface area (Å²) in [5, 5.41) is 8.86. The molecule has 0 aliphatic carbocycles. The molecule has 0 radical (unpaired) electrons. The summed E-state index contributed by atoms with van der Waals surface area (Å²) in [4.78, 5) is 10.7. The van der Waals surface area contributed by atoms with Gasteiger partial charge >= 0.3 is 0 Å². The van der Waals surface area contributed by atoms with Crippen LogP contribution in [0.2, 0.25) is 0 Å². The van der Waals surface area contributed by atoms with Crippen LogP contribution in [0.15, 0.2) is 12.3 Å². The van der Waals surface area contributed by atoms with Crippen molar-refractivity contribution in [2.45, 2.75) is 32.9 Å². The molecule has 1 heterocycles. The second-order valence-electron chi connectivity index (χ2n) is 3.92. The minimum Gasteiger partial charge on any atom is -0.396 e. The number of anilines is 1. The topological polar surface area (TPSA) is 75.3 Å². The van der Waals surface area contributed by atoms with Crippen LogP contribution in [0.1, 0.15) is 26.0 Å². The minimum absolute atomic E-state index is 0.180. The smallest absolute Gasteiger partial charge is 0.225 e. The molecule has 5 nitrogen and oxygen atoms in total. The Morgan fingerprint density at radius 3 is 2.81 bits per heavy atom. The molecule has 3 N–H and O–H groups in total. The highest BCUT2D eigenvalue weighted by Crippen LogP contribution is 2.11. The molecule has 0 saturated heterocycles. The van der Waals surface area contributed by atoms with Crippen LogP contribution in [0.4, 0.5) is 5.95 Å².